The predicted octanol–water partition coefficient (Wildman–Crippen LogP) is 4.73. The van der Waals surface area contributed by atoms with Crippen LogP contribution in [0.5, 0.6) is 0 Å². The average molecular weight is 346 g/mol. The Labute approximate surface area is 155 Å². The Hall–Kier alpha value is -2.55. The van der Waals surface area contributed by atoms with Crippen molar-refractivity contribution in [3.05, 3.63) is 70.9 Å². The second kappa shape index (κ2) is 6.99. The highest BCUT2D eigenvalue weighted by molar-refractivity contribution is 5.85. The van der Waals surface area contributed by atoms with Crippen LogP contribution in [0.25, 0.3) is 10.9 Å². The monoisotopic (exact) mass is 346 g/mol. The van der Waals surface area contributed by atoms with Crippen molar-refractivity contribution < 1.29 is 4.79 Å². The minimum Gasteiger partial charge on any atom is -0.358 e. The molecule has 4 rings (SSSR count). The molecule has 1 saturated heterocycles. The summed E-state index contributed by atoms with van der Waals surface area (Å²) in [5.74, 6) is 0.791. The predicted molar refractivity (Wildman–Crippen MR) is 106 cm³/mol. The van der Waals surface area contributed by atoms with Crippen LogP contribution < -0.4 is 0 Å². The van der Waals surface area contributed by atoms with E-state index in [1.165, 1.54) is 27.7 Å². The molecule has 26 heavy (non-hydrogen) atoms. The summed E-state index contributed by atoms with van der Waals surface area (Å²) >= 11 is 0. The number of amides is 1. The lowest BCUT2D eigenvalue weighted by Crippen LogP contribution is -2.38. The Morgan fingerprint density at radius 2 is 1.85 bits per heavy atom. The summed E-state index contributed by atoms with van der Waals surface area (Å²) in [5, 5.41) is 1.34. The van der Waals surface area contributed by atoms with Crippen LogP contribution in [0.2, 0.25) is 0 Å². The molecule has 3 nitrogen and oxygen atoms in total. The first-order chi connectivity index (χ1) is 12.6. The quantitative estimate of drug-likeness (QED) is 0.731. The van der Waals surface area contributed by atoms with E-state index in [4.69, 9.17) is 0 Å². The summed E-state index contributed by atoms with van der Waals surface area (Å²) in [4.78, 5) is 18.2. The molecule has 2 aromatic carbocycles. The van der Waals surface area contributed by atoms with Crippen LogP contribution in [0, 0.1) is 13.8 Å². The molecular weight excluding hydrogens is 320 g/mol. The van der Waals surface area contributed by atoms with Crippen molar-refractivity contribution in [1.82, 2.24) is 9.88 Å². The van der Waals surface area contributed by atoms with Crippen LogP contribution in [-0.4, -0.2) is 28.9 Å². The highest BCUT2D eigenvalue weighted by atomic mass is 16.2. The lowest BCUT2D eigenvalue weighted by molar-refractivity contribution is -0.131. The fourth-order valence-corrected chi connectivity index (χ4v) is 4.35. The average Bonchev–Trinajstić information content (AvgIpc) is 2.97. The van der Waals surface area contributed by atoms with E-state index >= 15 is 0 Å². The zero-order valence-electron chi connectivity index (χ0n) is 15.6. The number of carbonyl (C=O) groups excluding carboxylic acids is 1. The smallest absolute Gasteiger partial charge is 0.226 e. The number of hydrogen-bond acceptors (Lipinski definition) is 1. The molecule has 0 bridgehead atoms. The Morgan fingerprint density at radius 1 is 1.08 bits per heavy atom. The molecule has 1 aromatic heterocycles. The normalized spacial score (nSPS) is 15.5. The number of likely N-dealkylation sites (tertiary alicyclic amines) is 1. The maximum Gasteiger partial charge on any atom is 0.226 e. The molecule has 0 spiro atoms. The van der Waals surface area contributed by atoms with Crippen LogP contribution in [0.15, 0.2) is 48.5 Å². The largest absolute Gasteiger partial charge is 0.358 e. The number of aryl methyl sites for hydroxylation is 2. The first-order valence-electron chi connectivity index (χ1n) is 9.52. The van der Waals surface area contributed by atoms with E-state index in [0.717, 1.165) is 31.5 Å². The minimum absolute atomic E-state index is 0.254. The van der Waals surface area contributed by atoms with Crippen molar-refractivity contribution in [2.75, 3.05) is 13.1 Å². The highest BCUT2D eigenvalue weighted by Crippen LogP contribution is 2.35. The zero-order valence-corrected chi connectivity index (χ0v) is 15.6. The number of nitrogens with one attached hydrogen (secondary N) is 1. The van der Waals surface area contributed by atoms with Crippen LogP contribution in [0.1, 0.15) is 41.1 Å². The molecule has 0 unspecified atom stereocenters. The fourth-order valence-electron chi connectivity index (χ4n) is 4.35. The van der Waals surface area contributed by atoms with Crippen LogP contribution in [-0.2, 0) is 11.2 Å². The number of fused-ring (bicyclic) bond motifs is 1. The standard InChI is InChI=1S/C23H26N2O/c1-16-6-5-7-18(14-16)15-22(26)25-12-10-19(11-13-25)23-17(2)24-21-9-4-3-8-20(21)23/h3-9,14,19,24H,10-13,15H2,1-2H3. The molecule has 2 heterocycles. The van der Waals surface area contributed by atoms with E-state index in [1.807, 2.05) is 17.0 Å². The summed E-state index contributed by atoms with van der Waals surface area (Å²) in [7, 11) is 0. The maximum atomic E-state index is 12.7. The van der Waals surface area contributed by atoms with Crippen LogP contribution in [0.3, 0.4) is 0 Å². The number of piperidine rings is 1. The number of hydrogen-bond donors (Lipinski definition) is 1. The number of para-hydroxylation sites is 1. The molecule has 1 fully saturated rings. The summed E-state index contributed by atoms with van der Waals surface area (Å²) < 4.78 is 0. The van der Waals surface area contributed by atoms with Crippen molar-refractivity contribution in [1.29, 1.82) is 0 Å². The van der Waals surface area contributed by atoms with Gasteiger partial charge in [0.05, 0.1) is 6.42 Å². The molecule has 3 aromatic rings. The van der Waals surface area contributed by atoms with Gasteiger partial charge in [0.25, 0.3) is 0 Å². The van der Waals surface area contributed by atoms with Gasteiger partial charge in [-0.05, 0) is 49.8 Å². The summed E-state index contributed by atoms with van der Waals surface area (Å²) in [6, 6.07) is 16.8. The number of aromatic amines is 1. The lowest BCUT2D eigenvalue weighted by Gasteiger charge is -2.32. The molecule has 0 aliphatic carbocycles. The van der Waals surface area contributed by atoms with Crippen LogP contribution >= 0.6 is 0 Å². The molecule has 0 saturated carbocycles. The Morgan fingerprint density at radius 3 is 2.62 bits per heavy atom. The van der Waals surface area contributed by atoms with Gasteiger partial charge in [-0.1, -0.05) is 48.0 Å². The van der Waals surface area contributed by atoms with Crippen molar-refractivity contribution in [3.8, 4) is 0 Å². The maximum absolute atomic E-state index is 12.7. The second-order valence-electron chi connectivity index (χ2n) is 7.53. The van der Waals surface area contributed by atoms with Gasteiger partial charge in [-0.15, -0.1) is 0 Å². The van der Waals surface area contributed by atoms with E-state index in [1.54, 1.807) is 0 Å². The molecule has 1 aliphatic heterocycles. The Bertz CT molecular complexity index is 932. The molecule has 0 radical (unpaired) electrons. The third-order valence-corrected chi connectivity index (χ3v) is 5.64. The van der Waals surface area contributed by atoms with Crippen molar-refractivity contribution in [2.45, 2.75) is 39.0 Å². The van der Waals surface area contributed by atoms with Crippen molar-refractivity contribution in [2.24, 2.45) is 0 Å². The number of nitrogens with zero attached hydrogens (tertiary/aromatic N) is 1. The Balaban J connectivity index is 1.44. The summed E-state index contributed by atoms with van der Waals surface area (Å²) in [6.45, 7) is 5.95. The van der Waals surface area contributed by atoms with Gasteiger partial charge in [-0.2, -0.15) is 0 Å². The molecule has 0 atom stereocenters. The molecule has 3 heteroatoms. The van der Waals surface area contributed by atoms with Gasteiger partial charge < -0.3 is 9.88 Å². The van der Waals surface area contributed by atoms with E-state index in [9.17, 15) is 4.79 Å². The highest BCUT2D eigenvalue weighted by Gasteiger charge is 2.26. The lowest BCUT2D eigenvalue weighted by atomic mass is 9.87. The first kappa shape index (κ1) is 16.9. The summed E-state index contributed by atoms with van der Waals surface area (Å²) in [5.41, 5.74) is 6.27. The third kappa shape index (κ3) is 3.26. The van der Waals surface area contributed by atoms with Crippen molar-refractivity contribution in [3.63, 3.8) is 0 Å². The van der Waals surface area contributed by atoms with Gasteiger partial charge in [0.2, 0.25) is 5.91 Å². The van der Waals surface area contributed by atoms with Gasteiger partial charge in [0.1, 0.15) is 0 Å². The summed E-state index contributed by atoms with van der Waals surface area (Å²) in [6.07, 6.45) is 2.60. The first-order valence-corrected chi connectivity index (χ1v) is 9.52. The molecular formula is C23H26N2O. The third-order valence-electron chi connectivity index (χ3n) is 5.64. The SMILES string of the molecule is Cc1cccc(CC(=O)N2CCC(c3c(C)[nH]c4ccccc34)CC2)c1. The number of carbonyl (C=O) groups is 1. The Kier molecular flexibility index (Phi) is 4.54. The van der Waals surface area contributed by atoms with Gasteiger partial charge in [-0.25, -0.2) is 0 Å². The van der Waals surface area contributed by atoms with Gasteiger partial charge in [-0.3, -0.25) is 4.79 Å². The van der Waals surface area contributed by atoms with Gasteiger partial charge >= 0.3 is 0 Å². The minimum atomic E-state index is 0.254. The molecule has 1 aliphatic rings. The second-order valence-corrected chi connectivity index (χ2v) is 7.53. The van der Waals surface area contributed by atoms with E-state index < -0.39 is 0 Å². The van der Waals surface area contributed by atoms with Gasteiger partial charge in [0.15, 0.2) is 0 Å². The molecule has 1 amide bonds. The number of rotatable bonds is 3. The number of aromatic nitrogens is 1. The topological polar surface area (TPSA) is 36.1 Å². The van der Waals surface area contributed by atoms with E-state index in [-0.39, 0.29) is 5.91 Å². The van der Waals surface area contributed by atoms with Gasteiger partial charge in [0, 0.05) is 29.7 Å². The molecule has 1 N–H and O–H groups in total. The van der Waals surface area contributed by atoms with E-state index in [2.05, 4.69) is 55.2 Å². The number of benzene rings is 2. The van der Waals surface area contributed by atoms with Crippen LogP contribution in [0.4, 0.5) is 0 Å². The van der Waals surface area contributed by atoms with E-state index in [0.29, 0.717) is 12.3 Å². The number of H-pyrrole nitrogens is 1. The fraction of sp³-hybridized carbons (Fsp3) is 0.348. The van der Waals surface area contributed by atoms with Crippen molar-refractivity contribution >= 4 is 16.8 Å². The zero-order chi connectivity index (χ0) is 18.1. The molecule has 134 valence electrons.